The smallest absolute Gasteiger partial charge is 0.257 e. The second-order valence-corrected chi connectivity index (χ2v) is 4.80. The Morgan fingerprint density at radius 3 is 2.55 bits per heavy atom. The summed E-state index contributed by atoms with van der Waals surface area (Å²) in [5.74, 6) is 0.700. The van der Waals surface area contributed by atoms with E-state index in [1.54, 1.807) is 19.2 Å². The normalized spacial score (nSPS) is 10.7. The number of rotatable bonds is 2. The van der Waals surface area contributed by atoms with Crippen LogP contribution in [0.15, 0.2) is 53.3 Å². The highest BCUT2D eigenvalue weighted by Crippen LogP contribution is 2.32. The van der Waals surface area contributed by atoms with Gasteiger partial charge in [0, 0.05) is 5.39 Å². The third kappa shape index (κ3) is 2.06. The summed E-state index contributed by atoms with van der Waals surface area (Å²) in [6.45, 7) is 0. The van der Waals surface area contributed by atoms with E-state index in [4.69, 9.17) is 16.3 Å². The van der Waals surface area contributed by atoms with Crippen molar-refractivity contribution in [3.63, 3.8) is 0 Å². The zero-order valence-electron chi connectivity index (χ0n) is 10.8. The van der Waals surface area contributed by atoms with Crippen molar-refractivity contribution in [1.82, 2.24) is 4.98 Å². The topological polar surface area (TPSA) is 42.1 Å². The van der Waals surface area contributed by atoms with Gasteiger partial charge in [-0.25, -0.2) is 0 Å². The third-order valence-corrected chi connectivity index (χ3v) is 3.61. The molecular weight excluding hydrogens is 274 g/mol. The molecule has 0 aliphatic rings. The van der Waals surface area contributed by atoms with Gasteiger partial charge in [-0.05, 0) is 23.8 Å². The van der Waals surface area contributed by atoms with Crippen LogP contribution in [0.4, 0.5) is 0 Å². The Morgan fingerprint density at radius 1 is 1.10 bits per heavy atom. The molecule has 3 rings (SSSR count). The first kappa shape index (κ1) is 12.8. The zero-order chi connectivity index (χ0) is 14.1. The maximum absolute atomic E-state index is 12.2. The Morgan fingerprint density at radius 2 is 1.85 bits per heavy atom. The van der Waals surface area contributed by atoms with Crippen LogP contribution in [0.25, 0.3) is 22.0 Å². The fraction of sp³-hybridized carbons (Fsp3) is 0.0625. The maximum atomic E-state index is 12.2. The molecule has 2 aromatic carbocycles. The molecule has 0 fully saturated rings. The SMILES string of the molecule is COc1ccc2[nH]c(=O)c(-c3ccccc3)c(Cl)c2c1. The molecule has 3 nitrogen and oxygen atoms in total. The van der Waals surface area contributed by atoms with E-state index >= 15 is 0 Å². The van der Waals surface area contributed by atoms with E-state index in [0.29, 0.717) is 21.9 Å². The van der Waals surface area contributed by atoms with Crippen molar-refractivity contribution in [3.8, 4) is 16.9 Å². The second kappa shape index (κ2) is 5.02. The van der Waals surface area contributed by atoms with E-state index in [0.717, 1.165) is 10.9 Å². The van der Waals surface area contributed by atoms with Gasteiger partial charge in [-0.15, -0.1) is 0 Å². The van der Waals surface area contributed by atoms with Gasteiger partial charge in [-0.1, -0.05) is 41.9 Å². The van der Waals surface area contributed by atoms with Crippen molar-refractivity contribution < 1.29 is 4.74 Å². The van der Waals surface area contributed by atoms with Gasteiger partial charge in [-0.2, -0.15) is 0 Å². The number of benzene rings is 2. The Hall–Kier alpha value is -2.26. The number of ether oxygens (including phenoxy) is 1. The first-order chi connectivity index (χ1) is 9.70. The van der Waals surface area contributed by atoms with Gasteiger partial charge in [0.15, 0.2) is 0 Å². The molecule has 20 heavy (non-hydrogen) atoms. The maximum Gasteiger partial charge on any atom is 0.257 e. The van der Waals surface area contributed by atoms with E-state index in [-0.39, 0.29) is 5.56 Å². The Kier molecular flexibility index (Phi) is 3.20. The summed E-state index contributed by atoms with van der Waals surface area (Å²) in [4.78, 5) is 15.1. The molecule has 1 heterocycles. The standard InChI is InChI=1S/C16H12ClNO2/c1-20-11-7-8-13-12(9-11)15(17)14(16(19)18-13)10-5-3-2-4-6-10/h2-9H,1H3,(H,18,19). The van der Waals surface area contributed by atoms with Crippen LogP contribution in [0, 0.1) is 0 Å². The van der Waals surface area contributed by atoms with Crippen molar-refractivity contribution in [1.29, 1.82) is 0 Å². The van der Waals surface area contributed by atoms with E-state index in [9.17, 15) is 4.79 Å². The summed E-state index contributed by atoms with van der Waals surface area (Å²) in [5, 5.41) is 1.21. The number of fused-ring (bicyclic) bond motifs is 1. The van der Waals surface area contributed by atoms with Gasteiger partial charge >= 0.3 is 0 Å². The van der Waals surface area contributed by atoms with Crippen LogP contribution in [0.5, 0.6) is 5.75 Å². The number of hydrogen-bond acceptors (Lipinski definition) is 2. The lowest BCUT2D eigenvalue weighted by atomic mass is 10.0. The van der Waals surface area contributed by atoms with E-state index in [2.05, 4.69) is 4.98 Å². The Balaban J connectivity index is 2.36. The molecule has 0 unspecified atom stereocenters. The third-order valence-electron chi connectivity index (χ3n) is 3.22. The van der Waals surface area contributed by atoms with Crippen LogP contribution < -0.4 is 10.3 Å². The highest BCUT2D eigenvalue weighted by molar-refractivity contribution is 6.38. The molecule has 3 aromatic rings. The van der Waals surface area contributed by atoms with Gasteiger partial charge in [0.05, 0.1) is 23.2 Å². The minimum atomic E-state index is -0.195. The van der Waals surface area contributed by atoms with Gasteiger partial charge in [0.2, 0.25) is 0 Å². The minimum absolute atomic E-state index is 0.195. The number of H-pyrrole nitrogens is 1. The molecule has 0 aliphatic heterocycles. The molecule has 0 amide bonds. The number of methoxy groups -OCH3 is 1. The number of aromatic amines is 1. The van der Waals surface area contributed by atoms with E-state index in [1.165, 1.54) is 0 Å². The molecule has 0 saturated heterocycles. The summed E-state index contributed by atoms with van der Waals surface area (Å²) in [6.07, 6.45) is 0. The lowest BCUT2D eigenvalue weighted by Crippen LogP contribution is -2.09. The molecule has 0 radical (unpaired) electrons. The number of nitrogens with one attached hydrogen (secondary N) is 1. The fourth-order valence-corrected chi connectivity index (χ4v) is 2.57. The molecule has 1 N–H and O–H groups in total. The zero-order valence-corrected chi connectivity index (χ0v) is 11.6. The van der Waals surface area contributed by atoms with Crippen molar-refractivity contribution >= 4 is 22.5 Å². The van der Waals surface area contributed by atoms with Crippen molar-refractivity contribution in [2.75, 3.05) is 7.11 Å². The van der Waals surface area contributed by atoms with Crippen LogP contribution in [-0.2, 0) is 0 Å². The number of hydrogen-bond donors (Lipinski definition) is 1. The highest BCUT2D eigenvalue weighted by atomic mass is 35.5. The monoisotopic (exact) mass is 285 g/mol. The summed E-state index contributed by atoms with van der Waals surface area (Å²) < 4.78 is 5.20. The minimum Gasteiger partial charge on any atom is -0.497 e. The van der Waals surface area contributed by atoms with Crippen LogP contribution in [0.1, 0.15) is 0 Å². The molecule has 0 spiro atoms. The lowest BCUT2D eigenvalue weighted by Gasteiger charge is -2.08. The fourth-order valence-electron chi connectivity index (χ4n) is 2.22. The number of aromatic nitrogens is 1. The highest BCUT2D eigenvalue weighted by Gasteiger charge is 2.13. The van der Waals surface area contributed by atoms with E-state index in [1.807, 2.05) is 36.4 Å². The number of pyridine rings is 1. The van der Waals surface area contributed by atoms with Crippen molar-refractivity contribution in [2.24, 2.45) is 0 Å². The van der Waals surface area contributed by atoms with Crippen LogP contribution >= 0.6 is 11.6 Å². The van der Waals surface area contributed by atoms with Gasteiger partial charge in [0.25, 0.3) is 5.56 Å². The molecule has 0 bridgehead atoms. The quantitative estimate of drug-likeness (QED) is 0.777. The summed E-state index contributed by atoms with van der Waals surface area (Å²) in [6, 6.07) is 14.8. The first-order valence-corrected chi connectivity index (χ1v) is 6.53. The molecule has 4 heteroatoms. The molecule has 0 atom stereocenters. The van der Waals surface area contributed by atoms with Gasteiger partial charge in [-0.3, -0.25) is 4.79 Å². The van der Waals surface area contributed by atoms with Crippen LogP contribution in [-0.4, -0.2) is 12.1 Å². The molecule has 0 saturated carbocycles. The summed E-state index contributed by atoms with van der Waals surface area (Å²) in [7, 11) is 1.60. The molecule has 100 valence electrons. The average molecular weight is 286 g/mol. The summed E-state index contributed by atoms with van der Waals surface area (Å²) in [5.41, 5.74) is 1.77. The van der Waals surface area contributed by atoms with Crippen molar-refractivity contribution in [2.45, 2.75) is 0 Å². The largest absolute Gasteiger partial charge is 0.497 e. The molecule has 1 aromatic heterocycles. The molecular formula is C16H12ClNO2. The second-order valence-electron chi connectivity index (χ2n) is 4.42. The predicted octanol–water partition coefficient (Wildman–Crippen LogP) is 3.86. The predicted molar refractivity (Wildman–Crippen MR) is 81.6 cm³/mol. The van der Waals surface area contributed by atoms with Crippen LogP contribution in [0.2, 0.25) is 5.02 Å². The number of halogens is 1. The lowest BCUT2D eigenvalue weighted by molar-refractivity contribution is 0.415. The average Bonchev–Trinajstić information content (AvgIpc) is 2.48. The van der Waals surface area contributed by atoms with Crippen LogP contribution in [0.3, 0.4) is 0 Å². The van der Waals surface area contributed by atoms with Gasteiger partial charge in [0.1, 0.15) is 5.75 Å². The molecule has 0 aliphatic carbocycles. The first-order valence-electron chi connectivity index (χ1n) is 6.15. The van der Waals surface area contributed by atoms with E-state index < -0.39 is 0 Å². The van der Waals surface area contributed by atoms with Crippen molar-refractivity contribution in [3.05, 3.63) is 63.9 Å². The van der Waals surface area contributed by atoms with Gasteiger partial charge < -0.3 is 9.72 Å². The Bertz CT molecular complexity index is 825. The summed E-state index contributed by atoms with van der Waals surface area (Å²) >= 11 is 6.43. The Labute approximate surface area is 120 Å².